The number of halogens is 1. The molecule has 1 atom stereocenters. The van der Waals surface area contributed by atoms with Gasteiger partial charge in [-0.25, -0.2) is 9.18 Å². The van der Waals surface area contributed by atoms with E-state index in [-0.39, 0.29) is 13.0 Å². The molecule has 0 heterocycles. The number of nitroso groups, excluding NO2 is 1. The van der Waals surface area contributed by atoms with Crippen molar-refractivity contribution in [1.82, 2.24) is 0 Å². The Morgan fingerprint density at radius 2 is 2.15 bits per heavy atom. The van der Waals surface area contributed by atoms with Crippen LogP contribution in [0.25, 0.3) is 0 Å². The fourth-order valence-corrected chi connectivity index (χ4v) is 0.862. The Morgan fingerprint density at radius 3 is 2.46 bits per heavy atom. The van der Waals surface area contributed by atoms with E-state index in [1.165, 1.54) is 13.8 Å². The lowest BCUT2D eigenvalue weighted by molar-refractivity contribution is -0.145. The zero-order chi connectivity index (χ0) is 10.5. The Hall–Kier alpha value is -1.00. The SMILES string of the molecule is CCOC(=O)C(CC(C)(C)F)N=O. The van der Waals surface area contributed by atoms with Gasteiger partial charge in [-0.05, 0) is 20.8 Å². The second kappa shape index (κ2) is 4.89. The lowest BCUT2D eigenvalue weighted by Crippen LogP contribution is -2.28. The van der Waals surface area contributed by atoms with Crippen LogP contribution in [0.15, 0.2) is 5.18 Å². The van der Waals surface area contributed by atoms with Gasteiger partial charge in [0, 0.05) is 6.42 Å². The van der Waals surface area contributed by atoms with Crippen LogP contribution in [0.3, 0.4) is 0 Å². The summed E-state index contributed by atoms with van der Waals surface area (Å²) in [7, 11) is 0. The Balaban J connectivity index is 4.18. The average Bonchev–Trinajstić information content (AvgIpc) is 1.99. The van der Waals surface area contributed by atoms with Gasteiger partial charge < -0.3 is 4.74 Å². The molecule has 0 radical (unpaired) electrons. The van der Waals surface area contributed by atoms with Gasteiger partial charge in [-0.3, -0.25) is 0 Å². The molecule has 0 spiro atoms. The first-order valence-corrected chi connectivity index (χ1v) is 4.08. The smallest absolute Gasteiger partial charge is 0.334 e. The van der Waals surface area contributed by atoms with Gasteiger partial charge >= 0.3 is 5.97 Å². The molecule has 0 aliphatic heterocycles. The summed E-state index contributed by atoms with van der Waals surface area (Å²) >= 11 is 0. The van der Waals surface area contributed by atoms with Crippen LogP contribution in [0.4, 0.5) is 4.39 Å². The molecule has 0 aromatic rings. The fourth-order valence-electron chi connectivity index (χ4n) is 0.862. The van der Waals surface area contributed by atoms with Crippen LogP contribution in [0.1, 0.15) is 27.2 Å². The first-order valence-electron chi connectivity index (χ1n) is 4.08. The molecule has 0 fully saturated rings. The number of alkyl halides is 1. The van der Waals surface area contributed by atoms with E-state index in [1.807, 2.05) is 0 Å². The summed E-state index contributed by atoms with van der Waals surface area (Å²) in [6.45, 7) is 4.34. The highest BCUT2D eigenvalue weighted by Gasteiger charge is 2.29. The lowest BCUT2D eigenvalue weighted by atomic mass is 10.0. The Bertz CT molecular complexity index is 188. The van der Waals surface area contributed by atoms with Crippen molar-refractivity contribution in [3.8, 4) is 0 Å². The monoisotopic (exact) mass is 191 g/mol. The minimum atomic E-state index is -1.59. The second-order valence-electron chi connectivity index (χ2n) is 3.30. The van der Waals surface area contributed by atoms with Gasteiger partial charge in [0.15, 0.2) is 6.04 Å². The number of esters is 1. The highest BCUT2D eigenvalue weighted by atomic mass is 19.1. The van der Waals surface area contributed by atoms with Crippen molar-refractivity contribution in [2.75, 3.05) is 6.61 Å². The molecule has 5 heteroatoms. The highest BCUT2D eigenvalue weighted by Crippen LogP contribution is 2.18. The molecule has 76 valence electrons. The molecule has 0 N–H and O–H groups in total. The second-order valence-corrected chi connectivity index (χ2v) is 3.30. The standard InChI is InChI=1S/C8H14FNO3/c1-4-13-7(11)6(10-12)5-8(2,3)9/h6H,4-5H2,1-3H3. The third kappa shape index (κ3) is 5.27. The predicted octanol–water partition coefficient (Wildman–Crippen LogP) is 1.82. The van der Waals surface area contributed by atoms with Gasteiger partial charge in [0.25, 0.3) is 0 Å². The topological polar surface area (TPSA) is 55.7 Å². The first-order chi connectivity index (χ1) is 5.90. The molecular formula is C8H14FNO3. The van der Waals surface area contributed by atoms with Gasteiger partial charge in [0.1, 0.15) is 5.67 Å². The normalized spacial score (nSPS) is 13.5. The number of nitrogens with zero attached hydrogens (tertiary/aromatic N) is 1. The molecule has 0 bridgehead atoms. The maximum Gasteiger partial charge on any atom is 0.334 e. The van der Waals surface area contributed by atoms with Crippen LogP contribution < -0.4 is 0 Å². The van der Waals surface area contributed by atoms with Gasteiger partial charge in [-0.1, -0.05) is 5.18 Å². The Labute approximate surface area is 76.4 Å². The summed E-state index contributed by atoms with van der Waals surface area (Å²) < 4.78 is 17.6. The van der Waals surface area contributed by atoms with Crippen LogP contribution in [0.5, 0.6) is 0 Å². The number of hydrogen-bond donors (Lipinski definition) is 0. The quantitative estimate of drug-likeness (QED) is 0.492. The third-order valence-corrected chi connectivity index (χ3v) is 1.36. The number of ether oxygens (including phenoxy) is 1. The largest absolute Gasteiger partial charge is 0.464 e. The maximum absolute atomic E-state index is 13.0. The summed E-state index contributed by atoms with van der Waals surface area (Å²) in [4.78, 5) is 21.2. The number of rotatable bonds is 5. The predicted molar refractivity (Wildman–Crippen MR) is 46.0 cm³/mol. The third-order valence-electron chi connectivity index (χ3n) is 1.36. The summed E-state index contributed by atoms with van der Waals surface area (Å²) in [5.41, 5.74) is -1.59. The van der Waals surface area contributed by atoms with E-state index in [0.29, 0.717) is 0 Å². The molecule has 0 aromatic heterocycles. The van der Waals surface area contributed by atoms with Gasteiger partial charge in [-0.15, -0.1) is 4.91 Å². The van der Waals surface area contributed by atoms with E-state index in [2.05, 4.69) is 9.91 Å². The van der Waals surface area contributed by atoms with Gasteiger partial charge in [0.05, 0.1) is 6.61 Å². The summed E-state index contributed by atoms with van der Waals surface area (Å²) in [6, 6.07) is -1.24. The minimum Gasteiger partial charge on any atom is -0.464 e. The van der Waals surface area contributed by atoms with Crippen molar-refractivity contribution in [1.29, 1.82) is 0 Å². The van der Waals surface area contributed by atoms with Crippen molar-refractivity contribution in [2.24, 2.45) is 5.18 Å². The molecular weight excluding hydrogens is 177 g/mol. The minimum absolute atomic E-state index is 0.164. The molecule has 0 aromatic carbocycles. The first kappa shape index (κ1) is 12.0. The van der Waals surface area contributed by atoms with Crippen molar-refractivity contribution in [3.63, 3.8) is 0 Å². The van der Waals surface area contributed by atoms with Crippen molar-refractivity contribution < 1.29 is 13.9 Å². The molecule has 0 aliphatic rings. The Morgan fingerprint density at radius 1 is 1.62 bits per heavy atom. The van der Waals surface area contributed by atoms with E-state index in [0.717, 1.165) is 0 Å². The zero-order valence-electron chi connectivity index (χ0n) is 8.04. The molecule has 0 aliphatic carbocycles. The van der Waals surface area contributed by atoms with E-state index < -0.39 is 17.7 Å². The molecule has 1 unspecified atom stereocenters. The van der Waals surface area contributed by atoms with E-state index in [9.17, 15) is 14.1 Å². The molecule has 0 saturated carbocycles. The molecule has 13 heavy (non-hydrogen) atoms. The number of carbonyl (C=O) groups excluding carboxylic acids is 1. The van der Waals surface area contributed by atoms with Crippen LogP contribution in [-0.2, 0) is 9.53 Å². The Kier molecular flexibility index (Phi) is 4.51. The maximum atomic E-state index is 13.0. The van der Waals surface area contributed by atoms with E-state index >= 15 is 0 Å². The fraction of sp³-hybridized carbons (Fsp3) is 0.875. The molecule has 0 amide bonds. The van der Waals surface area contributed by atoms with Crippen molar-refractivity contribution >= 4 is 5.97 Å². The van der Waals surface area contributed by atoms with Crippen molar-refractivity contribution in [3.05, 3.63) is 4.91 Å². The van der Waals surface area contributed by atoms with Gasteiger partial charge in [0.2, 0.25) is 0 Å². The van der Waals surface area contributed by atoms with E-state index in [4.69, 9.17) is 0 Å². The summed E-state index contributed by atoms with van der Waals surface area (Å²) in [5, 5.41) is 2.53. The van der Waals surface area contributed by atoms with E-state index in [1.54, 1.807) is 6.92 Å². The molecule has 4 nitrogen and oxygen atoms in total. The summed E-state index contributed by atoms with van der Waals surface area (Å²) in [6.07, 6.45) is -0.241. The lowest BCUT2D eigenvalue weighted by Gasteiger charge is -2.16. The summed E-state index contributed by atoms with van der Waals surface area (Å²) in [5.74, 6) is -0.761. The van der Waals surface area contributed by atoms with Gasteiger partial charge in [-0.2, -0.15) is 0 Å². The highest BCUT2D eigenvalue weighted by molar-refractivity contribution is 5.76. The van der Waals surface area contributed by atoms with Crippen LogP contribution in [-0.4, -0.2) is 24.3 Å². The average molecular weight is 191 g/mol. The molecule has 0 rings (SSSR count). The zero-order valence-corrected chi connectivity index (χ0v) is 8.04. The van der Waals surface area contributed by atoms with Crippen molar-refractivity contribution in [2.45, 2.75) is 38.9 Å². The van der Waals surface area contributed by atoms with Crippen LogP contribution in [0, 0.1) is 4.91 Å². The van der Waals surface area contributed by atoms with Crippen LogP contribution >= 0.6 is 0 Å². The van der Waals surface area contributed by atoms with Crippen LogP contribution in [0.2, 0.25) is 0 Å². The number of hydrogen-bond acceptors (Lipinski definition) is 4. The number of carbonyl (C=O) groups is 1. The molecule has 0 saturated heterocycles.